The number of sulfonamides is 1. The normalized spacial score (nSPS) is 11.6. The lowest BCUT2D eigenvalue weighted by Crippen LogP contribution is -2.13. The molecule has 4 aromatic carbocycles. The summed E-state index contributed by atoms with van der Waals surface area (Å²) in [6.07, 6.45) is 0. The quantitative estimate of drug-likeness (QED) is 0.187. The zero-order valence-corrected chi connectivity index (χ0v) is 23.4. The van der Waals surface area contributed by atoms with Gasteiger partial charge in [-0.3, -0.25) is 9.29 Å². The fourth-order valence-electron chi connectivity index (χ4n) is 4.02. The molecule has 7 nitrogen and oxygen atoms in total. The van der Waals surface area contributed by atoms with E-state index in [2.05, 4.69) is 21.0 Å². The Kier molecular flexibility index (Phi) is 7.09. The lowest BCUT2D eigenvalue weighted by Gasteiger charge is -2.12. The van der Waals surface area contributed by atoms with Gasteiger partial charge in [0.25, 0.3) is 10.0 Å². The van der Waals surface area contributed by atoms with Gasteiger partial charge in [0.15, 0.2) is 11.0 Å². The van der Waals surface area contributed by atoms with Crippen molar-refractivity contribution in [2.75, 3.05) is 4.72 Å². The molecule has 0 saturated heterocycles. The zero-order valence-electron chi connectivity index (χ0n) is 20.2. The first-order valence-corrected chi connectivity index (χ1v) is 15.5. The van der Waals surface area contributed by atoms with E-state index in [1.165, 1.54) is 17.8 Å². The predicted molar refractivity (Wildman–Crippen MR) is 158 cm³/mol. The molecule has 0 fully saturated rings. The molecule has 0 saturated carbocycles. The Bertz CT molecular complexity index is 1860. The summed E-state index contributed by atoms with van der Waals surface area (Å²) >= 11 is 9.36. The minimum Gasteiger partial charge on any atom is -0.278 e. The minimum absolute atomic E-state index is 0.0891. The molecular weight excluding hydrogens is 570 g/mol. The highest BCUT2D eigenvalue weighted by atomic mass is 35.5. The Hall–Kier alpha value is -3.70. The number of nitrogens with one attached hydrogen (secondary N) is 1. The Balaban J connectivity index is 1.35. The Morgan fingerprint density at radius 1 is 0.872 bits per heavy atom. The predicted octanol–water partition coefficient (Wildman–Crippen LogP) is 7.29. The SMILES string of the molecule is O=S(=O)(Nc1ccccc1Cl)c1cccc(-c2nnc(SCc3nc4ccccc4s3)n2-c2ccccc2)c1. The highest BCUT2D eigenvalue weighted by Crippen LogP contribution is 2.33. The number of anilines is 1. The van der Waals surface area contributed by atoms with E-state index in [0.29, 0.717) is 33.0 Å². The van der Waals surface area contributed by atoms with E-state index in [0.717, 1.165) is 20.9 Å². The average Bonchev–Trinajstić information content (AvgIpc) is 3.58. The summed E-state index contributed by atoms with van der Waals surface area (Å²) in [5.41, 5.74) is 2.77. The first kappa shape index (κ1) is 25.6. The molecule has 0 unspecified atom stereocenters. The van der Waals surface area contributed by atoms with Crippen LogP contribution in [0.3, 0.4) is 0 Å². The molecule has 1 N–H and O–H groups in total. The number of halogens is 1. The Labute approximate surface area is 238 Å². The van der Waals surface area contributed by atoms with Crippen LogP contribution in [0.2, 0.25) is 5.02 Å². The van der Waals surface area contributed by atoms with Crippen LogP contribution in [-0.2, 0) is 15.8 Å². The molecular formula is C28H20ClN5O2S3. The van der Waals surface area contributed by atoms with Gasteiger partial charge in [-0.1, -0.05) is 78.0 Å². The summed E-state index contributed by atoms with van der Waals surface area (Å²) < 4.78 is 32.1. The van der Waals surface area contributed by atoms with Crippen molar-refractivity contribution in [3.05, 3.63) is 113 Å². The first-order valence-electron chi connectivity index (χ1n) is 11.8. The van der Waals surface area contributed by atoms with E-state index in [1.807, 2.05) is 59.2 Å². The smallest absolute Gasteiger partial charge is 0.261 e. The number of hydrogen-bond acceptors (Lipinski definition) is 7. The summed E-state index contributed by atoms with van der Waals surface area (Å²) in [5, 5.41) is 10.9. The third-order valence-corrected chi connectivity index (χ3v) is 9.68. The van der Waals surface area contributed by atoms with Crippen molar-refractivity contribution >= 4 is 60.6 Å². The Morgan fingerprint density at radius 2 is 1.64 bits per heavy atom. The summed E-state index contributed by atoms with van der Waals surface area (Å²) in [5.74, 6) is 1.16. The van der Waals surface area contributed by atoms with Crippen LogP contribution in [0, 0.1) is 0 Å². The van der Waals surface area contributed by atoms with E-state index >= 15 is 0 Å². The standard InChI is InChI=1S/C28H20ClN5O2S3/c29-22-13-4-5-14-23(22)33-39(35,36)21-12-8-9-19(17-21)27-31-32-28(34(27)20-10-2-1-3-11-20)37-18-26-30-24-15-6-7-16-25(24)38-26/h1-17,33H,18H2. The van der Waals surface area contributed by atoms with Crippen molar-refractivity contribution in [2.45, 2.75) is 15.8 Å². The van der Waals surface area contributed by atoms with Gasteiger partial charge in [0.1, 0.15) is 5.01 Å². The molecule has 0 bridgehead atoms. The molecule has 6 aromatic rings. The van der Waals surface area contributed by atoms with E-state index in [-0.39, 0.29) is 4.90 Å². The van der Waals surface area contributed by atoms with Crippen LogP contribution in [-0.4, -0.2) is 28.2 Å². The van der Waals surface area contributed by atoms with Crippen molar-refractivity contribution in [1.82, 2.24) is 19.7 Å². The van der Waals surface area contributed by atoms with E-state index < -0.39 is 10.0 Å². The second-order valence-corrected chi connectivity index (χ2v) is 12.6. The molecule has 194 valence electrons. The summed E-state index contributed by atoms with van der Waals surface area (Å²) in [6.45, 7) is 0. The van der Waals surface area contributed by atoms with Crippen molar-refractivity contribution < 1.29 is 8.42 Å². The molecule has 2 aromatic heterocycles. The number of aromatic nitrogens is 4. The van der Waals surface area contributed by atoms with Gasteiger partial charge in [0, 0.05) is 11.3 Å². The molecule has 11 heteroatoms. The van der Waals surface area contributed by atoms with Crippen LogP contribution in [0.4, 0.5) is 5.69 Å². The summed E-state index contributed by atoms with van der Waals surface area (Å²) in [4.78, 5) is 4.82. The van der Waals surface area contributed by atoms with Gasteiger partial charge in [0.2, 0.25) is 0 Å². The Morgan fingerprint density at radius 3 is 2.46 bits per heavy atom. The van der Waals surface area contributed by atoms with Crippen LogP contribution in [0.1, 0.15) is 5.01 Å². The molecule has 6 rings (SSSR count). The van der Waals surface area contributed by atoms with Gasteiger partial charge in [-0.15, -0.1) is 21.5 Å². The molecule has 0 radical (unpaired) electrons. The summed E-state index contributed by atoms with van der Waals surface area (Å²) in [7, 11) is -3.90. The van der Waals surface area contributed by atoms with Crippen molar-refractivity contribution in [2.24, 2.45) is 0 Å². The van der Waals surface area contributed by atoms with Crippen LogP contribution < -0.4 is 4.72 Å². The highest BCUT2D eigenvalue weighted by Gasteiger charge is 2.21. The molecule has 0 amide bonds. The monoisotopic (exact) mass is 589 g/mol. The van der Waals surface area contributed by atoms with Gasteiger partial charge in [-0.05, 0) is 48.5 Å². The van der Waals surface area contributed by atoms with Gasteiger partial charge in [-0.25, -0.2) is 13.4 Å². The molecule has 0 atom stereocenters. The number of thiazole rings is 1. The van der Waals surface area contributed by atoms with Gasteiger partial charge in [0.05, 0.1) is 31.6 Å². The van der Waals surface area contributed by atoms with Gasteiger partial charge >= 0.3 is 0 Å². The second kappa shape index (κ2) is 10.8. The number of hydrogen-bond donors (Lipinski definition) is 1. The molecule has 0 aliphatic carbocycles. The van der Waals surface area contributed by atoms with Crippen LogP contribution in [0.25, 0.3) is 27.3 Å². The number of rotatable bonds is 8. The maximum atomic E-state index is 13.2. The first-order chi connectivity index (χ1) is 19.0. The highest BCUT2D eigenvalue weighted by molar-refractivity contribution is 7.98. The minimum atomic E-state index is -3.90. The fraction of sp³-hybridized carbons (Fsp3) is 0.0357. The lowest BCUT2D eigenvalue weighted by atomic mass is 10.2. The fourth-order valence-corrected chi connectivity index (χ4v) is 7.29. The molecule has 0 aliphatic rings. The van der Waals surface area contributed by atoms with Gasteiger partial charge in [-0.2, -0.15) is 0 Å². The van der Waals surface area contributed by atoms with Crippen molar-refractivity contribution in [3.8, 4) is 17.1 Å². The maximum absolute atomic E-state index is 13.2. The third-order valence-electron chi connectivity index (χ3n) is 5.83. The van der Waals surface area contributed by atoms with E-state index in [1.54, 1.807) is 47.7 Å². The number of benzene rings is 4. The van der Waals surface area contributed by atoms with Crippen LogP contribution >= 0.6 is 34.7 Å². The number of para-hydroxylation sites is 3. The average molecular weight is 590 g/mol. The summed E-state index contributed by atoms with van der Waals surface area (Å²) in [6, 6.07) is 31.1. The lowest BCUT2D eigenvalue weighted by molar-refractivity contribution is 0.601. The number of thioether (sulfide) groups is 1. The largest absolute Gasteiger partial charge is 0.278 e. The molecule has 0 spiro atoms. The number of nitrogens with zero attached hydrogens (tertiary/aromatic N) is 4. The molecule has 0 aliphatic heterocycles. The molecule has 2 heterocycles. The van der Waals surface area contributed by atoms with Crippen LogP contribution in [0.15, 0.2) is 113 Å². The topological polar surface area (TPSA) is 89.8 Å². The second-order valence-electron chi connectivity index (χ2n) is 8.45. The van der Waals surface area contributed by atoms with E-state index in [4.69, 9.17) is 16.6 Å². The van der Waals surface area contributed by atoms with Crippen molar-refractivity contribution in [1.29, 1.82) is 0 Å². The van der Waals surface area contributed by atoms with Crippen molar-refractivity contribution in [3.63, 3.8) is 0 Å². The molecule has 39 heavy (non-hydrogen) atoms. The number of fused-ring (bicyclic) bond motifs is 1. The van der Waals surface area contributed by atoms with Crippen LogP contribution in [0.5, 0.6) is 0 Å². The third kappa shape index (κ3) is 5.41. The van der Waals surface area contributed by atoms with E-state index in [9.17, 15) is 8.42 Å². The zero-order chi connectivity index (χ0) is 26.8. The maximum Gasteiger partial charge on any atom is 0.261 e. The van der Waals surface area contributed by atoms with Gasteiger partial charge < -0.3 is 0 Å².